The summed E-state index contributed by atoms with van der Waals surface area (Å²) in [6.45, 7) is 10.2. The number of carbonyl (C=O) groups is 1. The molecule has 0 aromatic heterocycles. The molecule has 8 atom stereocenters. The molecular weight excluding hydrogens is 268 g/mol. The maximum absolute atomic E-state index is 12.0. The van der Waals surface area contributed by atoms with Crippen molar-refractivity contribution in [3.8, 4) is 0 Å². The van der Waals surface area contributed by atoms with E-state index in [-0.39, 0.29) is 0 Å². The highest BCUT2D eigenvalue weighted by atomic mass is 16.1. The van der Waals surface area contributed by atoms with Crippen molar-refractivity contribution in [2.24, 2.45) is 46.3 Å². The molecule has 0 aromatic rings. The van der Waals surface area contributed by atoms with Crippen LogP contribution in [-0.4, -0.2) is 5.78 Å². The molecule has 4 unspecified atom stereocenters. The molecule has 0 bridgehead atoms. The normalized spacial score (nSPS) is 57.9. The van der Waals surface area contributed by atoms with Crippen LogP contribution in [0.3, 0.4) is 0 Å². The van der Waals surface area contributed by atoms with Gasteiger partial charge in [0, 0.05) is 12.8 Å². The monoisotopic (exact) mass is 302 g/mol. The molecule has 4 aliphatic carbocycles. The van der Waals surface area contributed by atoms with Gasteiger partial charge in [0.05, 0.1) is 0 Å². The minimum Gasteiger partial charge on any atom is -0.300 e. The van der Waals surface area contributed by atoms with E-state index in [9.17, 15) is 4.79 Å². The van der Waals surface area contributed by atoms with E-state index in [2.05, 4.69) is 27.7 Å². The van der Waals surface area contributed by atoms with Crippen LogP contribution in [0.2, 0.25) is 0 Å². The molecule has 4 saturated carbocycles. The Labute approximate surface area is 136 Å². The van der Waals surface area contributed by atoms with Gasteiger partial charge in [-0.25, -0.2) is 0 Å². The molecule has 0 saturated heterocycles. The van der Waals surface area contributed by atoms with Crippen LogP contribution < -0.4 is 0 Å². The van der Waals surface area contributed by atoms with Gasteiger partial charge in [-0.3, -0.25) is 4.79 Å². The zero-order chi connectivity index (χ0) is 15.7. The molecule has 4 rings (SSSR count). The molecule has 0 spiro atoms. The Morgan fingerprint density at radius 3 is 2.45 bits per heavy atom. The first kappa shape index (κ1) is 15.2. The molecule has 0 heterocycles. The molecule has 22 heavy (non-hydrogen) atoms. The lowest BCUT2D eigenvalue weighted by atomic mass is 9.43. The van der Waals surface area contributed by atoms with E-state index in [1.165, 1.54) is 38.5 Å². The van der Waals surface area contributed by atoms with Crippen molar-refractivity contribution in [1.82, 2.24) is 0 Å². The maximum Gasteiger partial charge on any atom is 0.133 e. The predicted molar refractivity (Wildman–Crippen MR) is 90.4 cm³/mol. The second-order valence-electron chi connectivity index (χ2n) is 9.97. The molecule has 4 fully saturated rings. The third kappa shape index (κ3) is 1.86. The first-order valence-corrected chi connectivity index (χ1v) is 9.88. The van der Waals surface area contributed by atoms with E-state index in [1.54, 1.807) is 0 Å². The second-order valence-corrected chi connectivity index (χ2v) is 9.97. The van der Waals surface area contributed by atoms with Gasteiger partial charge in [0.1, 0.15) is 5.78 Å². The third-order valence-corrected chi connectivity index (χ3v) is 9.32. The van der Waals surface area contributed by atoms with Gasteiger partial charge in [0.2, 0.25) is 0 Å². The second kappa shape index (κ2) is 4.84. The van der Waals surface area contributed by atoms with E-state index in [1.807, 2.05) is 0 Å². The van der Waals surface area contributed by atoms with Gasteiger partial charge in [0.15, 0.2) is 0 Å². The van der Waals surface area contributed by atoms with E-state index in [4.69, 9.17) is 0 Å². The standard InChI is InChI=1S/C21H34O/c1-13-11-15-12-16(22)7-9-21(15,4)18-8-10-20(3)14(2)5-6-17(20)19(13)18/h13-15,17-19H,5-12H2,1-4H3/t13-,14-,15?,17?,18?,19?,20+,21-/m0/s1. The average Bonchev–Trinajstić information content (AvgIpc) is 2.77. The highest BCUT2D eigenvalue weighted by molar-refractivity contribution is 5.79. The Balaban J connectivity index is 1.68. The summed E-state index contributed by atoms with van der Waals surface area (Å²) < 4.78 is 0. The fourth-order valence-electron chi connectivity index (χ4n) is 7.69. The summed E-state index contributed by atoms with van der Waals surface area (Å²) in [5, 5.41) is 0. The lowest BCUT2D eigenvalue weighted by Gasteiger charge is -2.62. The summed E-state index contributed by atoms with van der Waals surface area (Å²) in [7, 11) is 0. The van der Waals surface area contributed by atoms with E-state index in [0.29, 0.717) is 22.5 Å². The van der Waals surface area contributed by atoms with E-state index in [0.717, 1.165) is 42.4 Å². The Morgan fingerprint density at radius 1 is 0.955 bits per heavy atom. The lowest BCUT2D eigenvalue weighted by Crippen LogP contribution is -2.56. The molecule has 0 amide bonds. The number of carbonyl (C=O) groups excluding carboxylic acids is 1. The van der Waals surface area contributed by atoms with Crippen molar-refractivity contribution in [2.75, 3.05) is 0 Å². The molecule has 0 aromatic carbocycles. The largest absolute Gasteiger partial charge is 0.300 e. The van der Waals surface area contributed by atoms with E-state index < -0.39 is 0 Å². The first-order valence-electron chi connectivity index (χ1n) is 9.88. The molecule has 0 N–H and O–H groups in total. The summed E-state index contributed by atoms with van der Waals surface area (Å²) in [4.78, 5) is 12.0. The first-order chi connectivity index (χ1) is 10.4. The zero-order valence-corrected chi connectivity index (χ0v) is 15.0. The Hall–Kier alpha value is -0.330. The summed E-state index contributed by atoms with van der Waals surface area (Å²) in [5.74, 6) is 5.80. The van der Waals surface area contributed by atoms with Crippen LogP contribution in [0.4, 0.5) is 0 Å². The van der Waals surface area contributed by atoms with Crippen molar-refractivity contribution in [1.29, 1.82) is 0 Å². The fourth-order valence-corrected chi connectivity index (χ4v) is 7.69. The van der Waals surface area contributed by atoms with Crippen molar-refractivity contribution >= 4 is 5.78 Å². The minimum absolute atomic E-state index is 0.470. The molecule has 124 valence electrons. The number of rotatable bonds is 0. The summed E-state index contributed by atoms with van der Waals surface area (Å²) in [6, 6.07) is 0. The van der Waals surface area contributed by atoms with Gasteiger partial charge in [-0.05, 0) is 84.9 Å². The van der Waals surface area contributed by atoms with Gasteiger partial charge in [-0.1, -0.05) is 27.7 Å². The summed E-state index contributed by atoms with van der Waals surface area (Å²) in [5.41, 5.74) is 1.08. The minimum atomic E-state index is 0.470. The average molecular weight is 303 g/mol. The lowest BCUT2D eigenvalue weighted by molar-refractivity contribution is -0.148. The van der Waals surface area contributed by atoms with Crippen molar-refractivity contribution in [2.45, 2.75) is 79.1 Å². The van der Waals surface area contributed by atoms with Crippen molar-refractivity contribution in [3.05, 3.63) is 0 Å². The summed E-state index contributed by atoms with van der Waals surface area (Å²) >= 11 is 0. The maximum atomic E-state index is 12.0. The third-order valence-electron chi connectivity index (χ3n) is 9.32. The van der Waals surface area contributed by atoms with Gasteiger partial charge < -0.3 is 0 Å². The van der Waals surface area contributed by atoms with Crippen LogP contribution in [-0.2, 0) is 4.79 Å². The van der Waals surface area contributed by atoms with Crippen LogP contribution in [0, 0.1) is 46.3 Å². The smallest absolute Gasteiger partial charge is 0.133 e. The van der Waals surface area contributed by atoms with Crippen molar-refractivity contribution in [3.63, 3.8) is 0 Å². The highest BCUT2D eigenvalue weighted by Crippen LogP contribution is 2.68. The Morgan fingerprint density at radius 2 is 1.68 bits per heavy atom. The molecular formula is C21H34O. The molecule has 4 aliphatic rings. The molecule has 0 radical (unpaired) electrons. The van der Waals surface area contributed by atoms with Crippen molar-refractivity contribution < 1.29 is 4.79 Å². The van der Waals surface area contributed by atoms with Crippen LogP contribution in [0.25, 0.3) is 0 Å². The molecule has 0 aliphatic heterocycles. The molecule has 1 nitrogen and oxygen atoms in total. The quantitative estimate of drug-likeness (QED) is 0.579. The van der Waals surface area contributed by atoms with Gasteiger partial charge in [-0.15, -0.1) is 0 Å². The number of Topliss-reactive ketones (excluding diaryl/α,β-unsaturated/α-hetero) is 1. The Kier molecular flexibility index (Phi) is 3.34. The van der Waals surface area contributed by atoms with Crippen LogP contribution in [0.15, 0.2) is 0 Å². The number of ketones is 1. The topological polar surface area (TPSA) is 17.1 Å². The van der Waals surface area contributed by atoms with E-state index >= 15 is 0 Å². The number of hydrogen-bond donors (Lipinski definition) is 0. The highest BCUT2D eigenvalue weighted by Gasteiger charge is 2.61. The fraction of sp³-hybridized carbons (Fsp3) is 0.952. The SMILES string of the molecule is C[C@H]1CC2CC(=O)CC[C@]2(C)C2CC[C@@]3(C)C(CC[C@@H]3C)C21. The Bertz CT molecular complexity index is 482. The van der Waals surface area contributed by atoms with Gasteiger partial charge >= 0.3 is 0 Å². The predicted octanol–water partition coefficient (Wildman–Crippen LogP) is 5.48. The van der Waals surface area contributed by atoms with Gasteiger partial charge in [0.25, 0.3) is 0 Å². The van der Waals surface area contributed by atoms with Crippen LogP contribution in [0.1, 0.15) is 79.1 Å². The van der Waals surface area contributed by atoms with Crippen LogP contribution in [0.5, 0.6) is 0 Å². The molecule has 1 heteroatoms. The van der Waals surface area contributed by atoms with Crippen LogP contribution >= 0.6 is 0 Å². The van der Waals surface area contributed by atoms with Gasteiger partial charge in [-0.2, -0.15) is 0 Å². The summed E-state index contributed by atoms with van der Waals surface area (Å²) in [6.07, 6.45) is 10.1. The number of fused-ring (bicyclic) bond motifs is 5. The zero-order valence-electron chi connectivity index (χ0n) is 15.0. The number of hydrogen-bond acceptors (Lipinski definition) is 1.